The Morgan fingerprint density at radius 2 is 2.00 bits per heavy atom. The minimum atomic E-state index is 0. The Hall–Kier alpha value is -1.35. The summed E-state index contributed by atoms with van der Waals surface area (Å²) in [6.07, 6.45) is 6.64. The number of carbonyl (C=O) groups is 1. The van der Waals surface area contributed by atoms with E-state index in [4.69, 9.17) is 4.99 Å². The number of piperidine rings is 1. The second-order valence-corrected chi connectivity index (χ2v) is 9.11. The number of para-hydroxylation sites is 1. The Balaban J connectivity index is 0.00000289. The van der Waals surface area contributed by atoms with Gasteiger partial charge >= 0.3 is 0 Å². The van der Waals surface area contributed by atoms with Crippen molar-refractivity contribution >= 4 is 41.5 Å². The third kappa shape index (κ3) is 5.76. The normalized spacial score (nSPS) is 23.9. The third-order valence-electron chi connectivity index (χ3n) is 7.19. The molecule has 1 amide bonds. The number of hydrogen-bond donors (Lipinski definition) is 1. The van der Waals surface area contributed by atoms with Crippen molar-refractivity contribution in [2.45, 2.75) is 64.3 Å². The molecule has 0 aromatic heterocycles. The van der Waals surface area contributed by atoms with Crippen LogP contribution in [0.25, 0.3) is 0 Å². The summed E-state index contributed by atoms with van der Waals surface area (Å²) in [4.78, 5) is 24.2. The molecular formula is C25H40IN5O. The van der Waals surface area contributed by atoms with E-state index < -0.39 is 0 Å². The van der Waals surface area contributed by atoms with Crippen LogP contribution in [0.2, 0.25) is 0 Å². The summed E-state index contributed by atoms with van der Waals surface area (Å²) in [6, 6.07) is 9.31. The van der Waals surface area contributed by atoms with Crippen molar-refractivity contribution in [2.75, 3.05) is 50.7 Å². The average Bonchev–Trinajstić information content (AvgIpc) is 3.38. The highest BCUT2D eigenvalue weighted by molar-refractivity contribution is 14.0. The maximum absolute atomic E-state index is 12.1. The number of hydrogen-bond acceptors (Lipinski definition) is 3. The molecule has 0 saturated carbocycles. The van der Waals surface area contributed by atoms with Crippen molar-refractivity contribution in [2.24, 2.45) is 4.99 Å². The molecule has 3 aliphatic rings. The van der Waals surface area contributed by atoms with Gasteiger partial charge in [0.2, 0.25) is 5.91 Å². The number of likely N-dealkylation sites (N-methyl/N-ethyl adjacent to an activating group) is 1. The predicted octanol–water partition coefficient (Wildman–Crippen LogP) is 4.06. The van der Waals surface area contributed by atoms with Crippen LogP contribution in [-0.4, -0.2) is 73.5 Å². The summed E-state index contributed by atoms with van der Waals surface area (Å²) in [5.41, 5.74) is 2.67. The molecule has 1 aromatic carbocycles. The highest BCUT2D eigenvalue weighted by Crippen LogP contribution is 2.38. The Morgan fingerprint density at radius 1 is 1.16 bits per heavy atom. The molecule has 0 spiro atoms. The van der Waals surface area contributed by atoms with E-state index in [2.05, 4.69) is 53.2 Å². The van der Waals surface area contributed by atoms with Gasteiger partial charge in [0.25, 0.3) is 0 Å². The van der Waals surface area contributed by atoms with Gasteiger partial charge in [-0.15, -0.1) is 24.0 Å². The number of halogens is 1. The fraction of sp³-hybridized carbons (Fsp3) is 0.680. The Labute approximate surface area is 210 Å². The molecule has 3 heterocycles. The number of amides is 1. The van der Waals surface area contributed by atoms with Gasteiger partial charge in [0.1, 0.15) is 0 Å². The standard InChI is InChI=1S/C25H39N5O.HI/c1-3-26-25(27-18-21-10-7-8-15-28(21)4-2)30-19-20(22-11-5-6-12-23(22)30)14-17-29-16-9-13-24(29)31;/h5-6,11-12,20-21H,3-4,7-10,13-19H2,1-2H3,(H,26,27);1H. The third-order valence-corrected chi connectivity index (χ3v) is 7.19. The molecule has 2 saturated heterocycles. The second-order valence-electron chi connectivity index (χ2n) is 9.11. The van der Waals surface area contributed by atoms with Crippen molar-refractivity contribution in [1.82, 2.24) is 15.1 Å². The fourth-order valence-electron chi connectivity index (χ4n) is 5.46. The number of benzene rings is 1. The molecule has 2 atom stereocenters. The van der Waals surface area contributed by atoms with Gasteiger partial charge in [-0.05, 0) is 57.3 Å². The van der Waals surface area contributed by atoms with Crippen LogP contribution >= 0.6 is 24.0 Å². The van der Waals surface area contributed by atoms with Crippen LogP contribution < -0.4 is 10.2 Å². The Morgan fingerprint density at radius 3 is 2.75 bits per heavy atom. The molecule has 1 aromatic rings. The first-order valence-electron chi connectivity index (χ1n) is 12.4. The molecule has 3 aliphatic heterocycles. The number of anilines is 1. The lowest BCUT2D eigenvalue weighted by Gasteiger charge is -2.34. The molecule has 2 fully saturated rings. The topological polar surface area (TPSA) is 51.2 Å². The van der Waals surface area contributed by atoms with Gasteiger partial charge in [-0.25, -0.2) is 0 Å². The van der Waals surface area contributed by atoms with Gasteiger partial charge in [0.15, 0.2) is 5.96 Å². The molecule has 0 radical (unpaired) electrons. The molecule has 6 nitrogen and oxygen atoms in total. The van der Waals surface area contributed by atoms with E-state index in [9.17, 15) is 4.79 Å². The first-order chi connectivity index (χ1) is 15.2. The lowest BCUT2D eigenvalue weighted by Crippen LogP contribution is -2.44. The number of fused-ring (bicyclic) bond motifs is 1. The van der Waals surface area contributed by atoms with E-state index in [0.717, 1.165) is 64.5 Å². The molecule has 178 valence electrons. The van der Waals surface area contributed by atoms with E-state index in [-0.39, 0.29) is 24.0 Å². The summed E-state index contributed by atoms with van der Waals surface area (Å²) >= 11 is 0. The maximum Gasteiger partial charge on any atom is 0.222 e. The zero-order chi connectivity index (χ0) is 21.6. The number of guanidine groups is 1. The number of carbonyl (C=O) groups excluding carboxylic acids is 1. The zero-order valence-corrected chi connectivity index (χ0v) is 22.1. The first-order valence-corrected chi connectivity index (χ1v) is 12.4. The largest absolute Gasteiger partial charge is 0.356 e. The smallest absolute Gasteiger partial charge is 0.222 e. The molecule has 7 heteroatoms. The average molecular weight is 554 g/mol. The Bertz CT molecular complexity index is 785. The highest BCUT2D eigenvalue weighted by Gasteiger charge is 2.32. The van der Waals surface area contributed by atoms with Crippen LogP contribution in [0.3, 0.4) is 0 Å². The van der Waals surface area contributed by atoms with Gasteiger partial charge in [0.05, 0.1) is 6.54 Å². The van der Waals surface area contributed by atoms with Crippen LogP contribution in [-0.2, 0) is 4.79 Å². The lowest BCUT2D eigenvalue weighted by atomic mass is 9.98. The Kier molecular flexibility index (Phi) is 9.64. The van der Waals surface area contributed by atoms with E-state index in [0.29, 0.717) is 17.9 Å². The van der Waals surface area contributed by atoms with Crippen LogP contribution in [0, 0.1) is 0 Å². The minimum absolute atomic E-state index is 0. The lowest BCUT2D eigenvalue weighted by molar-refractivity contribution is -0.127. The van der Waals surface area contributed by atoms with Gasteiger partial charge < -0.3 is 15.1 Å². The molecule has 2 unspecified atom stereocenters. The minimum Gasteiger partial charge on any atom is -0.356 e. The van der Waals surface area contributed by atoms with Crippen LogP contribution in [0.5, 0.6) is 0 Å². The van der Waals surface area contributed by atoms with Gasteiger partial charge in [-0.2, -0.15) is 0 Å². The molecule has 1 N–H and O–H groups in total. The molecule has 32 heavy (non-hydrogen) atoms. The predicted molar refractivity (Wildman–Crippen MR) is 143 cm³/mol. The molecular weight excluding hydrogens is 513 g/mol. The van der Waals surface area contributed by atoms with Crippen LogP contribution in [0.4, 0.5) is 5.69 Å². The van der Waals surface area contributed by atoms with Crippen molar-refractivity contribution in [3.05, 3.63) is 29.8 Å². The summed E-state index contributed by atoms with van der Waals surface area (Å²) in [7, 11) is 0. The van der Waals surface area contributed by atoms with Gasteiger partial charge in [-0.1, -0.05) is 31.5 Å². The van der Waals surface area contributed by atoms with Gasteiger partial charge in [-0.3, -0.25) is 14.7 Å². The highest BCUT2D eigenvalue weighted by atomic mass is 127. The summed E-state index contributed by atoms with van der Waals surface area (Å²) < 4.78 is 0. The van der Waals surface area contributed by atoms with E-state index in [1.54, 1.807) is 0 Å². The van der Waals surface area contributed by atoms with Crippen LogP contribution in [0.15, 0.2) is 29.3 Å². The number of nitrogens with zero attached hydrogens (tertiary/aromatic N) is 4. The van der Waals surface area contributed by atoms with Gasteiger partial charge in [0, 0.05) is 50.2 Å². The van der Waals surface area contributed by atoms with E-state index in [1.165, 1.54) is 37.1 Å². The fourth-order valence-corrected chi connectivity index (χ4v) is 5.46. The van der Waals surface area contributed by atoms with Crippen molar-refractivity contribution < 1.29 is 4.79 Å². The van der Waals surface area contributed by atoms with Crippen molar-refractivity contribution in [3.63, 3.8) is 0 Å². The summed E-state index contributed by atoms with van der Waals surface area (Å²) in [5, 5.41) is 3.56. The second kappa shape index (κ2) is 12.2. The number of aliphatic imine (C=N–C) groups is 1. The molecule has 4 rings (SSSR count). The van der Waals surface area contributed by atoms with Crippen molar-refractivity contribution in [3.8, 4) is 0 Å². The number of nitrogens with one attached hydrogen (secondary N) is 1. The monoisotopic (exact) mass is 553 g/mol. The van der Waals surface area contributed by atoms with Crippen molar-refractivity contribution in [1.29, 1.82) is 0 Å². The maximum atomic E-state index is 12.1. The molecule has 0 bridgehead atoms. The summed E-state index contributed by atoms with van der Waals surface area (Å²) in [5.74, 6) is 1.78. The number of likely N-dealkylation sites (tertiary alicyclic amines) is 2. The first kappa shape index (κ1) is 25.3. The quantitative estimate of drug-likeness (QED) is 0.315. The SMILES string of the molecule is CCNC(=NCC1CCCCN1CC)N1CC(CCN2CCCC2=O)c2ccccc21.I. The number of rotatable bonds is 7. The summed E-state index contributed by atoms with van der Waals surface area (Å²) in [6.45, 7) is 11.2. The molecule has 0 aliphatic carbocycles. The van der Waals surface area contributed by atoms with Crippen LogP contribution in [0.1, 0.15) is 63.9 Å². The van der Waals surface area contributed by atoms with E-state index in [1.807, 2.05) is 4.90 Å². The van der Waals surface area contributed by atoms with E-state index >= 15 is 0 Å². The zero-order valence-electron chi connectivity index (χ0n) is 19.8.